The summed E-state index contributed by atoms with van der Waals surface area (Å²) in [6.07, 6.45) is 2.74. The lowest BCUT2D eigenvalue weighted by Gasteiger charge is -2.34. The van der Waals surface area contributed by atoms with E-state index in [0.29, 0.717) is 23.0 Å². The minimum atomic E-state index is -3.70. The minimum Gasteiger partial charge on any atom is -0.334 e. The Morgan fingerprint density at radius 2 is 1.82 bits per heavy atom. The maximum absolute atomic E-state index is 12.7. The Morgan fingerprint density at radius 3 is 2.46 bits per heavy atom. The van der Waals surface area contributed by atoms with Gasteiger partial charge in [-0.2, -0.15) is 4.98 Å². The predicted octanol–water partition coefficient (Wildman–Crippen LogP) is 3.49. The highest BCUT2D eigenvalue weighted by atomic mass is 32.2. The molecule has 0 bridgehead atoms. The van der Waals surface area contributed by atoms with Crippen LogP contribution in [0.5, 0.6) is 0 Å². The zero-order chi connectivity index (χ0) is 19.9. The molecule has 1 aromatic heterocycles. The molecule has 146 valence electrons. The summed E-state index contributed by atoms with van der Waals surface area (Å²) in [4.78, 5) is 4.55. The molecule has 2 aromatic carbocycles. The quantitative estimate of drug-likeness (QED) is 0.680. The lowest BCUT2D eigenvalue weighted by molar-refractivity contribution is 0.229. The molecule has 0 aliphatic heterocycles. The number of nitrogens with one attached hydrogen (secondary N) is 1. The molecule has 1 aliphatic rings. The van der Waals surface area contributed by atoms with E-state index in [2.05, 4.69) is 14.9 Å². The topological polar surface area (TPSA) is 111 Å². The Morgan fingerprint density at radius 1 is 1.11 bits per heavy atom. The van der Waals surface area contributed by atoms with Crippen LogP contribution in [0, 0.1) is 13.8 Å². The van der Waals surface area contributed by atoms with Crippen LogP contribution < -0.4 is 10.5 Å². The molecule has 28 heavy (non-hydrogen) atoms. The first-order valence-electron chi connectivity index (χ1n) is 9.11. The molecule has 4 rings (SSSR count). The van der Waals surface area contributed by atoms with E-state index in [1.165, 1.54) is 12.1 Å². The summed E-state index contributed by atoms with van der Waals surface area (Å²) >= 11 is 0. The number of nitrogens with two attached hydrogens (primary N) is 1. The predicted molar refractivity (Wildman–Crippen MR) is 106 cm³/mol. The normalized spacial score (nSPS) is 15.8. The average molecular weight is 398 g/mol. The molecular weight excluding hydrogens is 376 g/mol. The van der Waals surface area contributed by atoms with Crippen molar-refractivity contribution >= 4 is 15.7 Å². The van der Waals surface area contributed by atoms with E-state index >= 15 is 0 Å². The number of hydrogen-bond acceptors (Lipinski definition) is 6. The number of benzene rings is 2. The maximum atomic E-state index is 12.7. The molecule has 3 aromatic rings. The molecule has 0 amide bonds. The summed E-state index contributed by atoms with van der Waals surface area (Å²) in [5, 5.41) is 3.99. The zero-order valence-electron chi connectivity index (χ0n) is 15.8. The van der Waals surface area contributed by atoms with Crippen LogP contribution in [0.4, 0.5) is 5.69 Å². The number of sulfonamides is 1. The minimum absolute atomic E-state index is 0.159. The standard InChI is InChI=1S/C20H22N4O3S/c1-13-5-3-6-17(14(13)2)24-28(25,26)16-9-7-15(8-10-16)18-22-19(23-27-18)20(21)11-4-12-20/h3,5-10,24H,4,11-12,21H2,1-2H3. The van der Waals surface area contributed by atoms with Crippen molar-refractivity contribution in [2.24, 2.45) is 5.73 Å². The van der Waals surface area contributed by atoms with E-state index in [9.17, 15) is 8.42 Å². The highest BCUT2D eigenvalue weighted by Gasteiger charge is 2.39. The number of nitrogens with zero attached hydrogens (tertiary/aromatic N) is 2. The smallest absolute Gasteiger partial charge is 0.261 e. The number of anilines is 1. The number of rotatable bonds is 5. The molecule has 1 heterocycles. The number of aromatic nitrogens is 2. The summed E-state index contributed by atoms with van der Waals surface area (Å²) in [6.45, 7) is 3.82. The van der Waals surface area contributed by atoms with Gasteiger partial charge in [-0.05, 0) is 74.6 Å². The van der Waals surface area contributed by atoms with E-state index in [1.807, 2.05) is 26.0 Å². The Labute approximate surface area is 164 Å². The van der Waals surface area contributed by atoms with Crippen LogP contribution >= 0.6 is 0 Å². The van der Waals surface area contributed by atoms with E-state index in [4.69, 9.17) is 10.3 Å². The number of aryl methyl sites for hydroxylation is 1. The van der Waals surface area contributed by atoms with Crippen LogP contribution in [0.3, 0.4) is 0 Å². The molecule has 1 fully saturated rings. The summed E-state index contributed by atoms with van der Waals surface area (Å²) in [6, 6.07) is 11.9. The third-order valence-corrected chi connectivity index (χ3v) is 6.76. The zero-order valence-corrected chi connectivity index (χ0v) is 16.6. The maximum Gasteiger partial charge on any atom is 0.261 e. The van der Waals surface area contributed by atoms with Crippen molar-refractivity contribution in [2.75, 3.05) is 4.72 Å². The van der Waals surface area contributed by atoms with Crippen molar-refractivity contribution in [3.63, 3.8) is 0 Å². The molecule has 0 radical (unpaired) electrons. The van der Waals surface area contributed by atoms with E-state index < -0.39 is 15.6 Å². The second-order valence-corrected chi connectivity index (χ2v) is 8.99. The molecule has 1 saturated carbocycles. The molecule has 3 N–H and O–H groups in total. The van der Waals surface area contributed by atoms with Crippen molar-refractivity contribution in [1.82, 2.24) is 10.1 Å². The number of hydrogen-bond donors (Lipinski definition) is 2. The lowest BCUT2D eigenvalue weighted by Crippen LogP contribution is -2.44. The molecule has 0 saturated heterocycles. The highest BCUT2D eigenvalue weighted by Crippen LogP contribution is 2.37. The van der Waals surface area contributed by atoms with Crippen molar-refractivity contribution < 1.29 is 12.9 Å². The van der Waals surface area contributed by atoms with Crippen LogP contribution in [-0.2, 0) is 15.6 Å². The van der Waals surface area contributed by atoms with Crippen molar-refractivity contribution in [2.45, 2.75) is 43.5 Å². The van der Waals surface area contributed by atoms with Gasteiger partial charge in [0.1, 0.15) is 0 Å². The first-order valence-corrected chi connectivity index (χ1v) is 10.6. The van der Waals surface area contributed by atoms with Gasteiger partial charge in [0, 0.05) is 5.56 Å². The summed E-state index contributed by atoms with van der Waals surface area (Å²) in [7, 11) is -3.70. The second-order valence-electron chi connectivity index (χ2n) is 7.31. The molecule has 8 heteroatoms. The van der Waals surface area contributed by atoms with Gasteiger partial charge in [0.25, 0.3) is 15.9 Å². The van der Waals surface area contributed by atoms with Crippen molar-refractivity contribution in [1.29, 1.82) is 0 Å². The Hall–Kier alpha value is -2.71. The first-order chi connectivity index (χ1) is 13.3. The van der Waals surface area contributed by atoms with Crippen LogP contribution in [0.2, 0.25) is 0 Å². The molecule has 0 atom stereocenters. The van der Waals surface area contributed by atoms with Gasteiger partial charge >= 0.3 is 0 Å². The molecule has 7 nitrogen and oxygen atoms in total. The largest absolute Gasteiger partial charge is 0.334 e. The average Bonchev–Trinajstić information content (AvgIpc) is 3.14. The van der Waals surface area contributed by atoms with E-state index in [0.717, 1.165) is 30.4 Å². The van der Waals surface area contributed by atoms with Gasteiger partial charge in [0.05, 0.1) is 16.1 Å². The highest BCUT2D eigenvalue weighted by molar-refractivity contribution is 7.92. The molecule has 0 unspecified atom stereocenters. The van der Waals surface area contributed by atoms with E-state index in [1.54, 1.807) is 18.2 Å². The monoisotopic (exact) mass is 398 g/mol. The Balaban J connectivity index is 1.56. The van der Waals surface area contributed by atoms with Gasteiger partial charge in [0.15, 0.2) is 5.82 Å². The lowest BCUT2D eigenvalue weighted by atomic mass is 9.77. The van der Waals surface area contributed by atoms with Crippen LogP contribution in [-0.4, -0.2) is 18.6 Å². The Kier molecular flexibility index (Phi) is 4.47. The first kappa shape index (κ1) is 18.6. The van der Waals surface area contributed by atoms with Crippen LogP contribution in [0.1, 0.15) is 36.2 Å². The van der Waals surface area contributed by atoms with Crippen LogP contribution in [0.15, 0.2) is 51.9 Å². The molecular formula is C20H22N4O3S. The van der Waals surface area contributed by atoms with Crippen molar-refractivity contribution in [3.8, 4) is 11.5 Å². The van der Waals surface area contributed by atoms with Crippen LogP contribution in [0.25, 0.3) is 11.5 Å². The summed E-state index contributed by atoms with van der Waals surface area (Å²) in [5.41, 5.74) is 8.85. The third kappa shape index (κ3) is 3.29. The van der Waals surface area contributed by atoms with Gasteiger partial charge in [-0.25, -0.2) is 8.42 Å². The van der Waals surface area contributed by atoms with Gasteiger partial charge in [-0.3, -0.25) is 4.72 Å². The molecule has 1 aliphatic carbocycles. The van der Waals surface area contributed by atoms with Gasteiger partial charge in [-0.1, -0.05) is 17.3 Å². The SMILES string of the molecule is Cc1cccc(NS(=O)(=O)c2ccc(-c3nc(C4(N)CCC4)no3)cc2)c1C. The summed E-state index contributed by atoms with van der Waals surface area (Å²) in [5.74, 6) is 0.834. The van der Waals surface area contributed by atoms with Gasteiger partial charge in [0.2, 0.25) is 0 Å². The fourth-order valence-corrected chi connectivity index (χ4v) is 4.29. The Bertz CT molecular complexity index is 1120. The van der Waals surface area contributed by atoms with Crippen molar-refractivity contribution in [3.05, 3.63) is 59.4 Å². The third-order valence-electron chi connectivity index (χ3n) is 5.38. The summed E-state index contributed by atoms with van der Waals surface area (Å²) < 4.78 is 33.4. The molecule has 0 spiro atoms. The fraction of sp³-hybridized carbons (Fsp3) is 0.300. The van der Waals surface area contributed by atoms with E-state index in [-0.39, 0.29) is 4.90 Å². The second kappa shape index (κ2) is 6.72. The fourth-order valence-electron chi connectivity index (χ4n) is 3.17. The van der Waals surface area contributed by atoms with Gasteiger partial charge < -0.3 is 10.3 Å². The van der Waals surface area contributed by atoms with Gasteiger partial charge in [-0.15, -0.1) is 0 Å².